The fraction of sp³-hybridized carbons (Fsp3) is 0.625. The molecule has 2 heterocycles. The molecule has 1 aliphatic carbocycles. The zero-order valence-corrected chi connectivity index (χ0v) is 11.3. The fourth-order valence-electron chi connectivity index (χ4n) is 4.62. The Morgan fingerprint density at radius 3 is 2.79 bits per heavy atom. The normalized spacial score (nSPS) is 42.2. The van der Waals surface area contributed by atoms with Gasteiger partial charge in [0.05, 0.1) is 32.0 Å². The van der Waals surface area contributed by atoms with E-state index in [0.717, 1.165) is 25.3 Å². The molecular weight excluding hydrogens is 238 g/mol. The minimum absolute atomic E-state index is 0.0301. The molecule has 3 fully saturated rings. The number of nitrogens with zero attached hydrogens (tertiary/aromatic N) is 1. The summed E-state index contributed by atoms with van der Waals surface area (Å²) in [5.74, 6) is 1.59. The van der Waals surface area contributed by atoms with E-state index in [4.69, 9.17) is 4.74 Å². The second-order valence-electron chi connectivity index (χ2n) is 6.52. The van der Waals surface area contributed by atoms with Crippen LogP contribution in [0.15, 0.2) is 30.3 Å². The van der Waals surface area contributed by atoms with E-state index in [0.29, 0.717) is 11.5 Å². The average Bonchev–Trinajstić information content (AvgIpc) is 3.17. The van der Waals surface area contributed by atoms with Crippen LogP contribution in [0.2, 0.25) is 0 Å². The van der Waals surface area contributed by atoms with Gasteiger partial charge < -0.3 is 14.3 Å². The molecule has 2 saturated heterocycles. The summed E-state index contributed by atoms with van der Waals surface area (Å²) in [6, 6.07) is 10.0. The molecule has 0 amide bonds. The molecule has 3 aliphatic rings. The van der Waals surface area contributed by atoms with Crippen molar-refractivity contribution in [2.75, 3.05) is 26.2 Å². The second-order valence-corrected chi connectivity index (χ2v) is 6.52. The van der Waals surface area contributed by atoms with Gasteiger partial charge in [-0.1, -0.05) is 18.2 Å². The van der Waals surface area contributed by atoms with E-state index in [9.17, 15) is 5.11 Å². The van der Waals surface area contributed by atoms with Crippen molar-refractivity contribution in [1.29, 1.82) is 0 Å². The second kappa shape index (κ2) is 3.97. The van der Waals surface area contributed by atoms with Crippen molar-refractivity contribution >= 4 is 0 Å². The monoisotopic (exact) mass is 260 g/mol. The first-order valence-electron chi connectivity index (χ1n) is 7.48. The Balaban J connectivity index is 1.30. The van der Waals surface area contributed by atoms with E-state index in [-0.39, 0.29) is 6.10 Å². The van der Waals surface area contributed by atoms with Crippen LogP contribution in [0.1, 0.15) is 19.3 Å². The van der Waals surface area contributed by atoms with Crippen molar-refractivity contribution in [3.05, 3.63) is 30.3 Å². The smallest absolute Gasteiger partial charge is 0.119 e. The number of aliphatic hydroxyl groups excluding tert-OH is 1. The summed E-state index contributed by atoms with van der Waals surface area (Å²) in [6.07, 6.45) is 3.68. The van der Waals surface area contributed by atoms with Crippen LogP contribution in [0.5, 0.6) is 5.75 Å². The highest BCUT2D eigenvalue weighted by Gasteiger charge is 2.80. The molecule has 2 aliphatic heterocycles. The summed E-state index contributed by atoms with van der Waals surface area (Å²) < 4.78 is 6.96. The maximum Gasteiger partial charge on any atom is 0.119 e. The molecule has 4 unspecified atom stereocenters. The molecule has 1 aromatic rings. The Labute approximate surface area is 114 Å². The van der Waals surface area contributed by atoms with Gasteiger partial charge in [-0.25, -0.2) is 0 Å². The van der Waals surface area contributed by atoms with Crippen LogP contribution in [-0.2, 0) is 0 Å². The van der Waals surface area contributed by atoms with Gasteiger partial charge in [-0.2, -0.15) is 0 Å². The predicted molar refractivity (Wildman–Crippen MR) is 72.9 cm³/mol. The third kappa shape index (κ3) is 1.58. The SMILES string of the molecule is OC1C[N+]2(CCCOc3ccccc3)CCC23CC13. The zero-order valence-electron chi connectivity index (χ0n) is 11.3. The van der Waals surface area contributed by atoms with Gasteiger partial charge in [0.25, 0.3) is 0 Å². The van der Waals surface area contributed by atoms with E-state index in [1.54, 1.807) is 0 Å². The molecule has 0 bridgehead atoms. The molecule has 3 nitrogen and oxygen atoms in total. The lowest BCUT2D eigenvalue weighted by atomic mass is 9.95. The topological polar surface area (TPSA) is 29.5 Å². The number of hydrogen-bond acceptors (Lipinski definition) is 2. The summed E-state index contributed by atoms with van der Waals surface area (Å²) >= 11 is 0. The van der Waals surface area contributed by atoms with Crippen LogP contribution in [0.25, 0.3) is 0 Å². The lowest BCUT2D eigenvalue weighted by Gasteiger charge is -2.51. The largest absolute Gasteiger partial charge is 0.493 e. The van der Waals surface area contributed by atoms with Gasteiger partial charge in [-0.3, -0.25) is 0 Å². The first-order chi connectivity index (χ1) is 9.26. The molecule has 1 saturated carbocycles. The Hall–Kier alpha value is -1.06. The van der Waals surface area contributed by atoms with E-state index in [1.165, 1.54) is 30.4 Å². The lowest BCUT2D eigenvalue weighted by Crippen LogP contribution is -2.66. The molecule has 0 radical (unpaired) electrons. The van der Waals surface area contributed by atoms with Gasteiger partial charge in [0, 0.05) is 12.8 Å². The predicted octanol–water partition coefficient (Wildman–Crippen LogP) is 1.81. The standard InChI is InChI=1S/C16H22NO2/c18-15-12-17(9-7-16(17)11-14(15)16)8-4-10-19-13-5-2-1-3-6-13/h1-3,5-6,14-15,18H,4,7-12H2/q+1. The van der Waals surface area contributed by atoms with Crippen molar-refractivity contribution in [3.8, 4) is 5.75 Å². The number of benzene rings is 1. The highest BCUT2D eigenvalue weighted by Crippen LogP contribution is 2.67. The number of ether oxygens (including phenoxy) is 1. The fourth-order valence-corrected chi connectivity index (χ4v) is 4.62. The highest BCUT2D eigenvalue weighted by molar-refractivity contribution is 5.21. The van der Waals surface area contributed by atoms with Gasteiger partial charge in [0.1, 0.15) is 23.9 Å². The molecular formula is C16H22NO2+. The Kier molecular flexibility index (Phi) is 2.45. The number of para-hydroxylation sites is 1. The van der Waals surface area contributed by atoms with Crippen molar-refractivity contribution in [1.82, 2.24) is 0 Å². The number of quaternary nitrogens is 1. The quantitative estimate of drug-likeness (QED) is 0.646. The minimum atomic E-state index is -0.0301. The number of piperidine rings is 1. The first-order valence-corrected chi connectivity index (χ1v) is 7.48. The molecule has 3 heteroatoms. The minimum Gasteiger partial charge on any atom is -0.493 e. The maximum atomic E-state index is 10.1. The average molecular weight is 260 g/mol. The molecule has 4 atom stereocenters. The number of aliphatic hydroxyl groups is 1. The van der Waals surface area contributed by atoms with Crippen molar-refractivity contribution in [3.63, 3.8) is 0 Å². The van der Waals surface area contributed by atoms with E-state index in [1.807, 2.05) is 30.3 Å². The van der Waals surface area contributed by atoms with Crippen LogP contribution < -0.4 is 4.74 Å². The van der Waals surface area contributed by atoms with Gasteiger partial charge in [-0.15, -0.1) is 0 Å². The van der Waals surface area contributed by atoms with Gasteiger partial charge >= 0.3 is 0 Å². The summed E-state index contributed by atoms with van der Waals surface area (Å²) in [6.45, 7) is 4.25. The highest BCUT2D eigenvalue weighted by atomic mass is 16.5. The van der Waals surface area contributed by atoms with Gasteiger partial charge in [-0.05, 0) is 12.1 Å². The zero-order chi connectivity index (χ0) is 12.9. The summed E-state index contributed by atoms with van der Waals surface area (Å²) in [5.41, 5.74) is 0.506. The first kappa shape index (κ1) is 11.7. The van der Waals surface area contributed by atoms with Crippen LogP contribution in [0.3, 0.4) is 0 Å². The summed E-state index contributed by atoms with van der Waals surface area (Å²) in [4.78, 5) is 0. The van der Waals surface area contributed by atoms with Gasteiger partial charge in [0.15, 0.2) is 0 Å². The molecule has 19 heavy (non-hydrogen) atoms. The third-order valence-corrected chi connectivity index (χ3v) is 5.76. The Bertz CT molecular complexity index is 477. The summed E-state index contributed by atoms with van der Waals surface area (Å²) in [5, 5.41) is 10.1. The molecule has 1 aromatic carbocycles. The van der Waals surface area contributed by atoms with Crippen LogP contribution in [0, 0.1) is 5.92 Å². The van der Waals surface area contributed by atoms with E-state index < -0.39 is 0 Å². The van der Waals surface area contributed by atoms with Crippen molar-refractivity contribution in [2.45, 2.75) is 30.9 Å². The van der Waals surface area contributed by atoms with Crippen molar-refractivity contribution in [2.24, 2.45) is 5.92 Å². The van der Waals surface area contributed by atoms with E-state index in [2.05, 4.69) is 0 Å². The van der Waals surface area contributed by atoms with E-state index >= 15 is 0 Å². The lowest BCUT2D eigenvalue weighted by molar-refractivity contribution is -0.994. The van der Waals surface area contributed by atoms with Gasteiger partial charge in [0.2, 0.25) is 0 Å². The molecule has 0 aromatic heterocycles. The Morgan fingerprint density at radius 2 is 2.16 bits per heavy atom. The van der Waals surface area contributed by atoms with Crippen LogP contribution in [-0.4, -0.2) is 47.5 Å². The maximum absolute atomic E-state index is 10.1. The van der Waals surface area contributed by atoms with Crippen molar-refractivity contribution < 1.29 is 14.3 Å². The molecule has 4 rings (SSSR count). The van der Waals surface area contributed by atoms with Crippen LogP contribution >= 0.6 is 0 Å². The Morgan fingerprint density at radius 1 is 1.32 bits per heavy atom. The number of rotatable bonds is 5. The molecule has 1 spiro atoms. The summed E-state index contributed by atoms with van der Waals surface area (Å²) in [7, 11) is 0. The number of hydrogen-bond donors (Lipinski definition) is 1. The molecule has 1 N–H and O–H groups in total. The third-order valence-electron chi connectivity index (χ3n) is 5.76. The molecule has 102 valence electrons. The van der Waals surface area contributed by atoms with Crippen LogP contribution in [0.4, 0.5) is 0 Å².